The third-order valence-corrected chi connectivity index (χ3v) is 6.87. The van der Waals surface area contributed by atoms with Crippen LogP contribution in [0, 0.1) is 24.0 Å². The Hall–Kier alpha value is -3.07. The first-order valence-corrected chi connectivity index (χ1v) is 11.3. The second kappa shape index (κ2) is 9.05. The topological polar surface area (TPSA) is 93.7 Å². The Morgan fingerprint density at radius 3 is 2.55 bits per heavy atom. The van der Waals surface area contributed by atoms with Gasteiger partial charge in [-0.15, -0.1) is 0 Å². The first-order valence-electron chi connectivity index (χ1n) is 9.69. The maximum absolute atomic E-state index is 12.8. The molecular weight excluding hydrogens is 487 g/mol. The average molecular weight is 503 g/mol. The molecule has 1 aromatic heterocycles. The number of aryl methyl sites for hydroxylation is 1. The molecule has 0 bridgehead atoms. The molecule has 0 aliphatic carbocycles. The van der Waals surface area contributed by atoms with E-state index in [-0.39, 0.29) is 17.1 Å². The predicted octanol–water partition coefficient (Wildman–Crippen LogP) is 7.01. The van der Waals surface area contributed by atoms with Crippen LogP contribution in [0.4, 0.5) is 10.5 Å². The zero-order chi connectivity index (χ0) is 23.9. The van der Waals surface area contributed by atoms with Crippen LogP contribution in [0.3, 0.4) is 0 Å². The molecule has 0 unspecified atom stereocenters. The minimum absolute atomic E-state index is 0.00590. The lowest BCUT2D eigenvalue weighted by Crippen LogP contribution is -2.27. The van der Waals surface area contributed by atoms with Crippen LogP contribution in [0.2, 0.25) is 10.0 Å². The molecule has 1 aliphatic heterocycles. The monoisotopic (exact) mass is 502 g/mol. The van der Waals surface area contributed by atoms with Crippen LogP contribution in [0.5, 0.6) is 0 Å². The Kier molecular flexibility index (Phi) is 6.34. The van der Waals surface area contributed by atoms with E-state index in [1.54, 1.807) is 50.2 Å². The van der Waals surface area contributed by atoms with E-state index in [1.165, 1.54) is 12.1 Å². The maximum Gasteiger partial charge on any atom is 0.293 e. The molecule has 2 aromatic carbocycles. The van der Waals surface area contributed by atoms with Gasteiger partial charge in [0.2, 0.25) is 0 Å². The Labute approximate surface area is 203 Å². The third-order valence-electron chi connectivity index (χ3n) is 5.22. The zero-order valence-corrected chi connectivity index (χ0v) is 19.8. The molecule has 0 spiro atoms. The van der Waals surface area contributed by atoms with E-state index in [4.69, 9.17) is 27.6 Å². The number of furan rings is 1. The summed E-state index contributed by atoms with van der Waals surface area (Å²) in [6.07, 6.45) is 1.48. The standard InChI is InChI=1S/C23H16Cl2N2O5S/c1-12-7-15(9-19(13(12)2)27(30)31)20-6-4-16(32-20)10-21-22(28)26(23(29)33-21)11-14-3-5-17(24)18(25)8-14/h3-10H,11H2,1-2H3/b21-10+. The van der Waals surface area contributed by atoms with Crippen molar-refractivity contribution in [1.29, 1.82) is 0 Å². The van der Waals surface area contributed by atoms with Gasteiger partial charge in [0.25, 0.3) is 16.8 Å². The Morgan fingerprint density at radius 2 is 1.85 bits per heavy atom. The highest BCUT2D eigenvalue weighted by atomic mass is 35.5. The van der Waals surface area contributed by atoms with E-state index in [0.717, 1.165) is 22.2 Å². The van der Waals surface area contributed by atoms with Gasteiger partial charge in [0.1, 0.15) is 11.5 Å². The Morgan fingerprint density at radius 1 is 1.09 bits per heavy atom. The van der Waals surface area contributed by atoms with Crippen LogP contribution < -0.4 is 0 Å². The minimum Gasteiger partial charge on any atom is -0.457 e. The van der Waals surface area contributed by atoms with E-state index >= 15 is 0 Å². The van der Waals surface area contributed by atoms with Crippen molar-refractivity contribution in [2.75, 3.05) is 0 Å². The zero-order valence-electron chi connectivity index (χ0n) is 17.4. The summed E-state index contributed by atoms with van der Waals surface area (Å²) in [5.74, 6) is 0.323. The second-order valence-electron chi connectivity index (χ2n) is 7.41. The summed E-state index contributed by atoms with van der Waals surface area (Å²) in [5.41, 5.74) is 2.58. The number of benzene rings is 2. The van der Waals surface area contributed by atoms with Gasteiger partial charge in [-0.2, -0.15) is 0 Å². The van der Waals surface area contributed by atoms with Crippen LogP contribution in [-0.2, 0) is 11.3 Å². The average Bonchev–Trinajstić information content (AvgIpc) is 3.33. The molecule has 1 aliphatic rings. The fourth-order valence-electron chi connectivity index (χ4n) is 3.34. The number of hydrogen-bond acceptors (Lipinski definition) is 6. The number of nitrogens with zero attached hydrogens (tertiary/aromatic N) is 2. The van der Waals surface area contributed by atoms with Crippen molar-refractivity contribution >= 4 is 57.9 Å². The van der Waals surface area contributed by atoms with E-state index in [0.29, 0.717) is 38.3 Å². The molecule has 2 amide bonds. The summed E-state index contributed by atoms with van der Waals surface area (Å²) in [4.78, 5) is 37.4. The highest BCUT2D eigenvalue weighted by Crippen LogP contribution is 2.36. The summed E-state index contributed by atoms with van der Waals surface area (Å²) in [5, 5.41) is 11.6. The number of nitro groups is 1. The fourth-order valence-corrected chi connectivity index (χ4v) is 4.48. The van der Waals surface area contributed by atoms with E-state index in [2.05, 4.69) is 0 Å². The summed E-state index contributed by atoms with van der Waals surface area (Å²) in [6, 6.07) is 11.5. The third kappa shape index (κ3) is 4.68. The molecule has 0 atom stereocenters. The highest BCUT2D eigenvalue weighted by molar-refractivity contribution is 8.18. The molecule has 2 heterocycles. The number of thioether (sulfide) groups is 1. The molecule has 4 rings (SSSR count). The largest absolute Gasteiger partial charge is 0.457 e. The van der Waals surface area contributed by atoms with E-state index in [9.17, 15) is 19.7 Å². The molecule has 0 N–H and O–H groups in total. The summed E-state index contributed by atoms with van der Waals surface area (Å²) in [6.45, 7) is 3.55. The lowest BCUT2D eigenvalue weighted by molar-refractivity contribution is -0.385. The summed E-state index contributed by atoms with van der Waals surface area (Å²) in [7, 11) is 0. The van der Waals surface area contributed by atoms with Gasteiger partial charge in [0.05, 0.1) is 26.4 Å². The van der Waals surface area contributed by atoms with Crippen molar-refractivity contribution in [1.82, 2.24) is 4.90 Å². The predicted molar refractivity (Wildman–Crippen MR) is 128 cm³/mol. The normalized spacial score (nSPS) is 15.0. The van der Waals surface area contributed by atoms with Gasteiger partial charge >= 0.3 is 0 Å². The summed E-state index contributed by atoms with van der Waals surface area (Å²) >= 11 is 12.7. The number of halogens is 2. The van der Waals surface area contributed by atoms with Gasteiger partial charge in [0, 0.05) is 23.3 Å². The lowest BCUT2D eigenvalue weighted by atomic mass is 10.0. The van der Waals surface area contributed by atoms with Crippen molar-refractivity contribution in [2.24, 2.45) is 0 Å². The Bertz CT molecular complexity index is 1350. The molecule has 7 nitrogen and oxygen atoms in total. The van der Waals surface area contributed by atoms with Crippen molar-refractivity contribution in [3.63, 3.8) is 0 Å². The molecule has 0 radical (unpaired) electrons. The number of rotatable bonds is 5. The Balaban J connectivity index is 1.57. The van der Waals surface area contributed by atoms with Crippen LogP contribution in [0.15, 0.2) is 51.8 Å². The molecule has 33 heavy (non-hydrogen) atoms. The van der Waals surface area contributed by atoms with Gasteiger partial charge in [-0.1, -0.05) is 29.3 Å². The van der Waals surface area contributed by atoms with Crippen molar-refractivity contribution in [2.45, 2.75) is 20.4 Å². The van der Waals surface area contributed by atoms with Crippen LogP contribution in [0.1, 0.15) is 22.5 Å². The fraction of sp³-hybridized carbons (Fsp3) is 0.130. The molecular formula is C23H16Cl2N2O5S. The van der Waals surface area contributed by atoms with E-state index in [1.807, 2.05) is 0 Å². The number of amides is 2. The van der Waals surface area contributed by atoms with Crippen LogP contribution >= 0.6 is 35.0 Å². The molecule has 168 valence electrons. The van der Waals surface area contributed by atoms with Crippen LogP contribution in [0.25, 0.3) is 17.4 Å². The van der Waals surface area contributed by atoms with Gasteiger partial charge < -0.3 is 4.42 Å². The number of imide groups is 1. The molecule has 3 aromatic rings. The van der Waals surface area contributed by atoms with E-state index < -0.39 is 16.1 Å². The number of hydrogen-bond donors (Lipinski definition) is 0. The maximum atomic E-state index is 12.8. The van der Waals surface area contributed by atoms with Crippen molar-refractivity contribution < 1.29 is 18.9 Å². The number of carbonyl (C=O) groups excluding carboxylic acids is 2. The van der Waals surface area contributed by atoms with Gasteiger partial charge in [0.15, 0.2) is 0 Å². The lowest BCUT2D eigenvalue weighted by Gasteiger charge is -2.12. The molecule has 10 heteroatoms. The number of carbonyl (C=O) groups is 2. The van der Waals surface area contributed by atoms with Gasteiger partial charge in [-0.25, -0.2) is 0 Å². The quantitative estimate of drug-likeness (QED) is 0.211. The van der Waals surface area contributed by atoms with Crippen LogP contribution in [-0.4, -0.2) is 21.0 Å². The first kappa shape index (κ1) is 23.1. The second-order valence-corrected chi connectivity index (χ2v) is 9.22. The summed E-state index contributed by atoms with van der Waals surface area (Å²) < 4.78 is 5.80. The SMILES string of the molecule is Cc1cc(-c2ccc(/C=C3/SC(=O)N(Cc4ccc(Cl)c(Cl)c4)C3=O)o2)cc([N+](=O)[O-])c1C. The number of nitro benzene ring substituents is 1. The molecule has 1 fully saturated rings. The van der Waals surface area contributed by atoms with Gasteiger partial charge in [-0.3, -0.25) is 24.6 Å². The first-order chi connectivity index (χ1) is 15.6. The smallest absolute Gasteiger partial charge is 0.293 e. The molecule has 0 saturated carbocycles. The van der Waals surface area contributed by atoms with Crippen molar-refractivity contribution in [3.8, 4) is 11.3 Å². The van der Waals surface area contributed by atoms with Gasteiger partial charge in [-0.05, 0) is 67.1 Å². The molecule has 1 saturated heterocycles. The van der Waals surface area contributed by atoms with Crippen molar-refractivity contribution in [3.05, 3.63) is 90.0 Å². The minimum atomic E-state index is -0.448. The highest BCUT2D eigenvalue weighted by Gasteiger charge is 2.35.